The van der Waals surface area contributed by atoms with E-state index in [0.29, 0.717) is 29.1 Å². The van der Waals surface area contributed by atoms with Crippen LogP contribution in [-0.4, -0.2) is 28.4 Å². The van der Waals surface area contributed by atoms with Crippen molar-refractivity contribution in [3.8, 4) is 17.2 Å². The summed E-state index contributed by atoms with van der Waals surface area (Å²) in [4.78, 5) is 12.7. The first-order chi connectivity index (χ1) is 21.0. The summed E-state index contributed by atoms with van der Waals surface area (Å²) in [7, 11) is 0. The van der Waals surface area contributed by atoms with Crippen molar-refractivity contribution in [2.45, 2.75) is 122 Å². The number of benzene rings is 3. The van der Waals surface area contributed by atoms with Gasteiger partial charge < -0.3 is 19.7 Å². The Morgan fingerprint density at radius 2 is 1.23 bits per heavy atom. The van der Waals surface area contributed by atoms with Crippen LogP contribution < -0.4 is 4.74 Å². The normalized spacial score (nSPS) is 16.7. The molecule has 5 heteroatoms. The van der Waals surface area contributed by atoms with Crippen molar-refractivity contribution in [1.82, 2.24) is 0 Å². The molecule has 2 N–H and O–H groups in total. The fraction of sp³-hybridized carbons (Fsp3) is 0.513. The molecule has 5 rings (SSSR count). The molecule has 2 aliphatic rings. The maximum absolute atomic E-state index is 12.7. The first-order valence-electron chi connectivity index (χ1n) is 16.6. The van der Waals surface area contributed by atoms with Crippen molar-refractivity contribution in [3.63, 3.8) is 0 Å². The highest BCUT2D eigenvalue weighted by atomic mass is 16.6. The van der Waals surface area contributed by atoms with Crippen LogP contribution in [0.2, 0.25) is 0 Å². The first kappa shape index (κ1) is 31.9. The van der Waals surface area contributed by atoms with Gasteiger partial charge in [-0.15, -0.1) is 0 Å². The van der Waals surface area contributed by atoms with Crippen LogP contribution >= 0.6 is 0 Å². The molecule has 3 aromatic carbocycles. The summed E-state index contributed by atoms with van der Waals surface area (Å²) >= 11 is 0. The molecule has 5 nitrogen and oxygen atoms in total. The number of phenolic OH excluding ortho intramolecular Hbond substituents is 2. The molecule has 2 fully saturated rings. The minimum atomic E-state index is -0.597. The van der Waals surface area contributed by atoms with E-state index in [1.54, 1.807) is 0 Å². The fourth-order valence-corrected chi connectivity index (χ4v) is 7.42. The van der Waals surface area contributed by atoms with Gasteiger partial charge in [-0.3, -0.25) is 0 Å². The Hall–Kier alpha value is -3.47. The number of rotatable bonds is 8. The third-order valence-electron chi connectivity index (χ3n) is 9.54. The summed E-state index contributed by atoms with van der Waals surface area (Å²) in [6.45, 7) is 9.49. The third-order valence-corrected chi connectivity index (χ3v) is 9.54. The highest BCUT2D eigenvalue weighted by molar-refractivity contribution is 5.71. The van der Waals surface area contributed by atoms with Crippen molar-refractivity contribution in [2.75, 3.05) is 6.61 Å². The molecule has 44 heavy (non-hydrogen) atoms. The molecule has 0 heterocycles. The van der Waals surface area contributed by atoms with Crippen LogP contribution in [0.5, 0.6) is 17.2 Å². The summed E-state index contributed by atoms with van der Waals surface area (Å²) in [5.74, 6) is 1.40. The van der Waals surface area contributed by atoms with Crippen molar-refractivity contribution in [1.29, 1.82) is 0 Å². The van der Waals surface area contributed by atoms with Crippen molar-refractivity contribution >= 4 is 5.97 Å². The molecule has 0 saturated heterocycles. The Balaban J connectivity index is 1.65. The molecule has 0 aliphatic heterocycles. The lowest BCUT2D eigenvalue weighted by Crippen LogP contribution is -2.27. The number of hydrogen-bond acceptors (Lipinski definition) is 5. The maximum Gasteiger partial charge on any atom is 0.344 e. The largest absolute Gasteiger partial charge is 0.508 e. The minimum absolute atomic E-state index is 0.190. The van der Waals surface area contributed by atoms with Gasteiger partial charge in [0.25, 0.3) is 0 Å². The van der Waals surface area contributed by atoms with Crippen LogP contribution in [0, 0.1) is 13.8 Å². The van der Waals surface area contributed by atoms with Crippen molar-refractivity contribution in [3.05, 3.63) is 87.5 Å². The average Bonchev–Trinajstić information content (AvgIpc) is 2.98. The lowest BCUT2D eigenvalue weighted by atomic mass is 9.75. The quantitative estimate of drug-likeness (QED) is 0.199. The second-order valence-electron chi connectivity index (χ2n) is 14.1. The SMILES string of the molecule is Cc1cc(O)c(C2CCCCC2)cc1C(c1cc(C2CCCCC2)c(O)cc1C)c1ccccc1OCC(=O)OC(C)(C)C. The highest BCUT2D eigenvalue weighted by Crippen LogP contribution is 2.47. The summed E-state index contributed by atoms with van der Waals surface area (Å²) in [6.07, 6.45) is 11.6. The van der Waals surface area contributed by atoms with E-state index in [0.717, 1.165) is 64.6 Å². The zero-order chi connectivity index (χ0) is 31.4. The zero-order valence-electron chi connectivity index (χ0n) is 27.2. The number of ether oxygens (including phenoxy) is 2. The summed E-state index contributed by atoms with van der Waals surface area (Å²) in [5.41, 5.74) is 6.61. The number of aryl methyl sites for hydroxylation is 2. The number of para-hydroxylation sites is 1. The molecule has 0 atom stereocenters. The summed E-state index contributed by atoms with van der Waals surface area (Å²) < 4.78 is 11.8. The number of carbonyl (C=O) groups is 1. The molecule has 0 amide bonds. The van der Waals surface area contributed by atoms with E-state index in [2.05, 4.69) is 32.0 Å². The van der Waals surface area contributed by atoms with E-state index in [-0.39, 0.29) is 12.5 Å². The number of carbonyl (C=O) groups excluding carboxylic acids is 1. The van der Waals surface area contributed by atoms with Gasteiger partial charge in [0.1, 0.15) is 22.8 Å². The second-order valence-corrected chi connectivity index (χ2v) is 14.1. The van der Waals surface area contributed by atoms with E-state index >= 15 is 0 Å². The number of phenols is 2. The monoisotopic (exact) mass is 598 g/mol. The number of esters is 1. The second kappa shape index (κ2) is 13.7. The van der Waals surface area contributed by atoms with Crippen LogP contribution in [0.3, 0.4) is 0 Å². The molecule has 2 saturated carbocycles. The predicted molar refractivity (Wildman–Crippen MR) is 176 cm³/mol. The van der Waals surface area contributed by atoms with Gasteiger partial charge in [-0.2, -0.15) is 0 Å². The maximum atomic E-state index is 12.7. The highest BCUT2D eigenvalue weighted by Gasteiger charge is 2.30. The van der Waals surface area contributed by atoms with Crippen LogP contribution in [0.4, 0.5) is 0 Å². The van der Waals surface area contributed by atoms with Crippen molar-refractivity contribution in [2.24, 2.45) is 0 Å². The summed E-state index contributed by atoms with van der Waals surface area (Å²) in [6, 6.07) is 16.2. The van der Waals surface area contributed by atoms with E-state index in [1.165, 1.54) is 38.5 Å². The van der Waals surface area contributed by atoms with Gasteiger partial charge in [-0.1, -0.05) is 68.9 Å². The molecule has 236 valence electrons. The number of hydrogen-bond donors (Lipinski definition) is 2. The summed E-state index contributed by atoms with van der Waals surface area (Å²) in [5, 5.41) is 22.4. The molecule has 0 bridgehead atoms. The topological polar surface area (TPSA) is 76.0 Å². The molecule has 0 unspecified atom stereocenters. The average molecular weight is 599 g/mol. The fourth-order valence-electron chi connectivity index (χ4n) is 7.42. The van der Waals surface area contributed by atoms with Gasteiger partial charge >= 0.3 is 5.97 Å². The lowest BCUT2D eigenvalue weighted by molar-refractivity contribution is -0.157. The Morgan fingerprint density at radius 3 is 1.70 bits per heavy atom. The standard InChI is InChI=1S/C39H50O5/c1-25-20-34(40)32(27-14-8-6-9-15-27)22-30(25)38(29-18-12-13-19-36(29)43-24-37(42)44-39(3,4)5)31-23-33(35(41)21-26(31)2)28-16-10-7-11-17-28/h12-13,18-23,27-28,38,40-41H,6-11,14-17,24H2,1-5H3. The molecule has 0 spiro atoms. The van der Waals surface area contributed by atoms with Crippen LogP contribution in [0.1, 0.15) is 142 Å². The Morgan fingerprint density at radius 1 is 0.750 bits per heavy atom. The van der Waals surface area contributed by atoms with Gasteiger partial charge in [0.05, 0.1) is 0 Å². The van der Waals surface area contributed by atoms with Crippen LogP contribution in [0.25, 0.3) is 0 Å². The molecular weight excluding hydrogens is 548 g/mol. The smallest absolute Gasteiger partial charge is 0.344 e. The van der Waals surface area contributed by atoms with Gasteiger partial charge in [-0.05, 0) is 124 Å². The molecule has 3 aromatic rings. The Bertz CT molecular complexity index is 1380. The lowest BCUT2D eigenvalue weighted by Gasteiger charge is -2.30. The van der Waals surface area contributed by atoms with Crippen LogP contribution in [0.15, 0.2) is 48.5 Å². The van der Waals surface area contributed by atoms with Gasteiger partial charge in [-0.25, -0.2) is 4.79 Å². The Kier molecular flexibility index (Phi) is 9.92. The third kappa shape index (κ3) is 7.42. The first-order valence-corrected chi connectivity index (χ1v) is 16.6. The zero-order valence-corrected chi connectivity index (χ0v) is 27.2. The van der Waals surface area contributed by atoms with Gasteiger partial charge in [0, 0.05) is 11.5 Å². The van der Waals surface area contributed by atoms with E-state index in [9.17, 15) is 15.0 Å². The van der Waals surface area contributed by atoms with Crippen molar-refractivity contribution < 1.29 is 24.5 Å². The minimum Gasteiger partial charge on any atom is -0.508 e. The molecule has 0 aromatic heterocycles. The van der Waals surface area contributed by atoms with E-state index in [1.807, 2.05) is 51.1 Å². The molecule has 0 radical (unpaired) electrons. The molecule has 2 aliphatic carbocycles. The predicted octanol–water partition coefficient (Wildman–Crippen LogP) is 9.71. The van der Waals surface area contributed by atoms with Crippen LogP contribution in [-0.2, 0) is 9.53 Å². The van der Waals surface area contributed by atoms with E-state index < -0.39 is 11.6 Å². The van der Waals surface area contributed by atoms with E-state index in [4.69, 9.17) is 9.47 Å². The van der Waals surface area contributed by atoms with Gasteiger partial charge in [0.15, 0.2) is 6.61 Å². The Labute approximate surface area is 263 Å². The van der Waals surface area contributed by atoms with Gasteiger partial charge in [0.2, 0.25) is 0 Å². The number of aromatic hydroxyl groups is 2. The molecular formula is C39H50O5.